The van der Waals surface area contributed by atoms with Gasteiger partial charge in [-0.25, -0.2) is 4.98 Å². The first-order chi connectivity index (χ1) is 38.6. The van der Waals surface area contributed by atoms with E-state index in [1.165, 1.54) is 16.0 Å². The van der Waals surface area contributed by atoms with E-state index in [1.807, 2.05) is 74.2 Å². The van der Waals surface area contributed by atoms with Crippen molar-refractivity contribution in [1.29, 1.82) is 0 Å². The van der Waals surface area contributed by atoms with Crippen LogP contribution in [0.5, 0.6) is 0 Å². The molecule has 11 rings (SSSR count). The van der Waals surface area contributed by atoms with Crippen LogP contribution in [0.2, 0.25) is 5.02 Å². The van der Waals surface area contributed by atoms with Crippen LogP contribution >= 0.6 is 22.9 Å². The number of amides is 3. The van der Waals surface area contributed by atoms with E-state index < -0.39 is 11.9 Å². The van der Waals surface area contributed by atoms with E-state index in [4.69, 9.17) is 27.3 Å². The molecule has 0 unspecified atom stereocenters. The first kappa shape index (κ1) is 55.1. The Labute approximate surface area is 478 Å². The van der Waals surface area contributed by atoms with Crippen molar-refractivity contribution < 1.29 is 19.2 Å². The fourth-order valence-electron chi connectivity index (χ4n) is 12.7. The fraction of sp³-hybridized carbons (Fsp3) is 0.452. The molecule has 0 aliphatic carbocycles. The van der Waals surface area contributed by atoms with Gasteiger partial charge in [0.2, 0.25) is 5.91 Å². The average Bonchev–Trinajstić information content (AvgIpc) is 4.13. The van der Waals surface area contributed by atoms with Gasteiger partial charge in [-0.1, -0.05) is 54.9 Å². The molecule has 5 aliphatic heterocycles. The van der Waals surface area contributed by atoms with Gasteiger partial charge >= 0.3 is 0 Å². The van der Waals surface area contributed by atoms with Crippen LogP contribution in [0.25, 0.3) is 5.00 Å². The smallest absolute Gasteiger partial charge is 0.251 e. The highest BCUT2D eigenvalue weighted by Crippen LogP contribution is 2.41. The SMILES string of the molecule is CC[C@@H](C)Nc1cc(C(=O)N[C@H]2C[C@H]3CC[C@@H](C2)N3c2ccc(C(=O)c3ccc(CN4CCN(CC5CCN(C(=O)C[C@@H]6N=C(c7ccc(Cl)cc7)c7c(sc(C)c7C)-n7c(C)nnc76)CC5)CC4)cc3)cn2)c(C)cc1C(N)=O. The minimum atomic E-state index is -0.527. The number of rotatable bonds is 16. The number of fused-ring (bicyclic) bond motifs is 5. The molecule has 18 heteroatoms. The molecular formula is C62H73ClN12O4S. The molecule has 3 aromatic heterocycles. The average molecular weight is 1120 g/mol. The van der Waals surface area contributed by atoms with E-state index in [-0.39, 0.29) is 48.2 Å². The van der Waals surface area contributed by atoms with Gasteiger partial charge in [0.15, 0.2) is 11.6 Å². The summed E-state index contributed by atoms with van der Waals surface area (Å²) in [5.74, 6) is 2.26. The Morgan fingerprint density at radius 1 is 0.812 bits per heavy atom. The molecular weight excluding hydrogens is 1040 g/mol. The highest BCUT2D eigenvalue weighted by Gasteiger charge is 2.42. The van der Waals surface area contributed by atoms with E-state index in [2.05, 4.69) is 73.0 Å². The lowest BCUT2D eigenvalue weighted by atomic mass is 9.95. The number of anilines is 2. The summed E-state index contributed by atoms with van der Waals surface area (Å²) in [6, 6.07) is 23.2. The number of aryl methyl sites for hydroxylation is 3. The second kappa shape index (κ2) is 23.4. The van der Waals surface area contributed by atoms with Crippen LogP contribution in [-0.2, 0) is 11.3 Å². The topological polar surface area (TPSA) is 187 Å². The molecule has 0 spiro atoms. The Balaban J connectivity index is 0.630. The summed E-state index contributed by atoms with van der Waals surface area (Å²) >= 11 is 8.03. The van der Waals surface area contributed by atoms with Gasteiger partial charge in [0, 0.05) is 126 Å². The molecule has 80 heavy (non-hydrogen) atoms. The number of nitrogens with zero attached hydrogens (tertiary/aromatic N) is 9. The first-order valence-electron chi connectivity index (χ1n) is 28.6. The number of piperidine rings is 2. The largest absolute Gasteiger partial charge is 0.382 e. The number of pyridine rings is 1. The fourth-order valence-corrected chi connectivity index (χ4v) is 14.1. The van der Waals surface area contributed by atoms with Gasteiger partial charge in [-0.2, -0.15) is 0 Å². The second-order valence-corrected chi connectivity index (χ2v) is 24.5. The molecule has 8 heterocycles. The summed E-state index contributed by atoms with van der Waals surface area (Å²) in [7, 11) is 0. The van der Waals surface area contributed by atoms with Crippen LogP contribution < -0.4 is 21.3 Å². The van der Waals surface area contributed by atoms with Gasteiger partial charge in [-0.05, 0) is 139 Å². The van der Waals surface area contributed by atoms with Crippen molar-refractivity contribution in [3.05, 3.63) is 151 Å². The van der Waals surface area contributed by atoms with Crippen LogP contribution in [0.15, 0.2) is 84.0 Å². The maximum absolute atomic E-state index is 14.1. The second-order valence-electron chi connectivity index (χ2n) is 22.9. The third-order valence-electron chi connectivity index (χ3n) is 17.5. The van der Waals surface area contributed by atoms with Crippen LogP contribution in [0.3, 0.4) is 0 Å². The number of hydrogen-bond acceptors (Lipinski definition) is 13. The number of likely N-dealkylation sites (tertiary alicyclic amines) is 1. The van der Waals surface area contributed by atoms with Crippen molar-refractivity contribution in [2.45, 2.75) is 130 Å². The molecule has 2 bridgehead atoms. The third-order valence-corrected chi connectivity index (χ3v) is 19.0. The molecule has 3 aromatic carbocycles. The van der Waals surface area contributed by atoms with Crippen molar-refractivity contribution in [1.82, 2.24) is 39.8 Å². The zero-order valence-electron chi connectivity index (χ0n) is 46.8. The lowest BCUT2D eigenvalue weighted by Crippen LogP contribution is -2.50. The molecule has 5 atom stereocenters. The monoisotopic (exact) mass is 1120 g/mol. The molecule has 0 radical (unpaired) electrons. The Morgan fingerprint density at radius 3 is 2.16 bits per heavy atom. The quantitative estimate of drug-likeness (QED) is 0.0784. The number of ketones is 1. The summed E-state index contributed by atoms with van der Waals surface area (Å²) in [4.78, 5) is 74.7. The van der Waals surface area contributed by atoms with Crippen molar-refractivity contribution in [3.63, 3.8) is 0 Å². The molecule has 4 saturated heterocycles. The summed E-state index contributed by atoms with van der Waals surface area (Å²) in [5, 5.41) is 17.5. The Morgan fingerprint density at radius 2 is 1.50 bits per heavy atom. The van der Waals surface area contributed by atoms with Gasteiger partial charge < -0.3 is 31.1 Å². The predicted octanol–water partition coefficient (Wildman–Crippen LogP) is 9.42. The molecule has 4 fully saturated rings. The molecule has 0 saturated carbocycles. The number of primary amides is 1. The summed E-state index contributed by atoms with van der Waals surface area (Å²) < 4.78 is 2.11. The number of thiophene rings is 1. The van der Waals surface area contributed by atoms with Crippen molar-refractivity contribution in [2.24, 2.45) is 16.6 Å². The maximum atomic E-state index is 14.1. The summed E-state index contributed by atoms with van der Waals surface area (Å²) in [5.41, 5.74) is 14.3. The molecule has 6 aromatic rings. The van der Waals surface area contributed by atoms with E-state index in [0.717, 1.165) is 131 Å². The summed E-state index contributed by atoms with van der Waals surface area (Å²) in [6.45, 7) is 19.5. The number of aromatic nitrogens is 4. The number of benzene rings is 3. The van der Waals surface area contributed by atoms with Crippen molar-refractivity contribution in [3.8, 4) is 5.00 Å². The van der Waals surface area contributed by atoms with Crippen LogP contribution in [-0.4, -0.2) is 134 Å². The minimum absolute atomic E-state index is 0.00469. The van der Waals surface area contributed by atoms with E-state index in [9.17, 15) is 19.2 Å². The number of carbonyl (C=O) groups excluding carboxylic acids is 4. The Kier molecular flexibility index (Phi) is 16.1. The number of nitrogens with two attached hydrogens (primary N) is 1. The lowest BCUT2D eigenvalue weighted by molar-refractivity contribution is -0.133. The minimum Gasteiger partial charge on any atom is -0.382 e. The van der Waals surface area contributed by atoms with Gasteiger partial charge in [0.25, 0.3) is 11.8 Å². The lowest BCUT2D eigenvalue weighted by Gasteiger charge is -2.40. The molecule has 4 N–H and O–H groups in total. The van der Waals surface area contributed by atoms with Crippen LogP contribution in [0, 0.1) is 33.6 Å². The van der Waals surface area contributed by atoms with Gasteiger partial charge in [0.05, 0.1) is 17.7 Å². The van der Waals surface area contributed by atoms with Gasteiger partial charge in [0.1, 0.15) is 22.7 Å². The number of carbonyl (C=O) groups is 4. The number of halogens is 1. The van der Waals surface area contributed by atoms with E-state index in [1.54, 1.807) is 29.7 Å². The van der Waals surface area contributed by atoms with Crippen molar-refractivity contribution >= 4 is 63.7 Å². The first-order valence-corrected chi connectivity index (χ1v) is 29.8. The maximum Gasteiger partial charge on any atom is 0.251 e. The normalized spacial score (nSPS) is 20.9. The molecule has 5 aliphatic rings. The summed E-state index contributed by atoms with van der Waals surface area (Å²) in [6.07, 6.45) is 8.36. The van der Waals surface area contributed by atoms with Crippen LogP contribution in [0.4, 0.5) is 11.5 Å². The van der Waals surface area contributed by atoms with Gasteiger partial charge in [-0.15, -0.1) is 21.5 Å². The standard InChI is InChI=1S/C62H73ClN12O4S/c1-7-37(3)66-52-31-50(36(2)28-51(52)59(64)78)61(79)67-47-29-48-17-18-49(30-47)75(48)54-19-14-45(33-65-54)58(77)44-10-8-41(9-11-44)34-71-24-26-72(27-25-71)35-42-20-22-73(23-21-42)55(76)32-53-60-70-69-40(6)74(60)62-56(38(4)39(5)80-62)57(68-53)43-12-15-46(63)16-13-43/h8-16,19,28,31,33,37,42,47-49,53,66H,7,17-18,20-27,29-30,32,34-35H2,1-6H3,(H2,64,78)(H,67,79)/t37-,47-,48+,49-,53+/m1/s1. The number of aliphatic imine (C=N–C) groups is 1. The van der Waals surface area contributed by atoms with Crippen LogP contribution in [0.1, 0.15) is 152 Å². The highest BCUT2D eigenvalue weighted by molar-refractivity contribution is 7.15. The van der Waals surface area contributed by atoms with Crippen molar-refractivity contribution in [2.75, 3.05) is 56.0 Å². The zero-order chi connectivity index (χ0) is 55.9. The van der Waals surface area contributed by atoms with Gasteiger partial charge in [-0.3, -0.25) is 33.6 Å². The zero-order valence-corrected chi connectivity index (χ0v) is 48.4. The highest BCUT2D eigenvalue weighted by atomic mass is 35.5. The molecule has 16 nitrogen and oxygen atoms in total. The predicted molar refractivity (Wildman–Crippen MR) is 316 cm³/mol. The molecule has 3 amide bonds. The Bertz CT molecular complexity index is 3310. The number of nitrogens with one attached hydrogen (secondary N) is 2. The third kappa shape index (κ3) is 11.4. The van der Waals surface area contributed by atoms with E-state index >= 15 is 0 Å². The Hall–Kier alpha value is -6.79. The molecule has 418 valence electrons. The number of hydrogen-bond donors (Lipinski definition) is 3. The number of piperazine rings is 1. The van der Waals surface area contributed by atoms with E-state index in [0.29, 0.717) is 50.3 Å².